The molecule has 0 radical (unpaired) electrons. The molecule has 16 heteroatoms. The third kappa shape index (κ3) is 15.5. The fourth-order valence-electron chi connectivity index (χ4n) is 7.38. The Hall–Kier alpha value is -7.66. The van der Waals surface area contributed by atoms with Crippen molar-refractivity contribution in [2.45, 2.75) is 120 Å². The number of carbonyl (C=O) groups is 2. The minimum Gasteiger partial charge on any atom is -0.482 e. The zero-order valence-corrected chi connectivity index (χ0v) is 45.5. The highest BCUT2D eigenvalue weighted by molar-refractivity contribution is 5.78. The normalized spacial score (nSPS) is 16.2. The molecule has 0 fully saturated rings. The Labute approximate surface area is 451 Å². The zero-order chi connectivity index (χ0) is 54.9. The van der Waals surface area contributed by atoms with Gasteiger partial charge in [0.1, 0.15) is 23.0 Å². The predicted octanol–water partition coefficient (Wildman–Crippen LogP) is 14.3. The van der Waals surface area contributed by atoms with Crippen molar-refractivity contribution in [2.24, 2.45) is 5.41 Å². The molecule has 0 saturated carbocycles. The predicted molar refractivity (Wildman–Crippen MR) is 287 cm³/mol. The average Bonchev–Trinajstić information content (AvgIpc) is 4.20. The Kier molecular flexibility index (Phi) is 20.3. The van der Waals surface area contributed by atoms with Crippen LogP contribution in [0.15, 0.2) is 127 Å². The first-order chi connectivity index (χ1) is 37.2. The number of hydrogen-bond acceptors (Lipinski definition) is 16. The molecule has 410 valence electrons. The Bertz CT molecular complexity index is 2830. The van der Waals surface area contributed by atoms with Crippen molar-refractivity contribution >= 4 is 11.9 Å². The molecule has 3 heterocycles. The van der Waals surface area contributed by atoms with Crippen LogP contribution in [0, 0.1) is 5.41 Å². The van der Waals surface area contributed by atoms with E-state index in [-0.39, 0.29) is 18.3 Å². The van der Waals surface area contributed by atoms with Crippen LogP contribution in [-0.2, 0) is 23.8 Å². The molecule has 5 atom stereocenters. The van der Waals surface area contributed by atoms with E-state index in [4.69, 9.17) is 66.3 Å². The number of hydrogen-bond donors (Lipinski definition) is 0. The summed E-state index contributed by atoms with van der Waals surface area (Å²) in [6, 6.07) is 38.8. The van der Waals surface area contributed by atoms with Crippen LogP contribution < -0.4 is 52.1 Å². The highest BCUT2D eigenvalue weighted by Crippen LogP contribution is 2.46. The minimum absolute atomic E-state index is 0.206. The third-order valence-corrected chi connectivity index (χ3v) is 12.7. The molecule has 0 bridgehead atoms. The molecule has 3 aliphatic heterocycles. The van der Waals surface area contributed by atoms with Gasteiger partial charge < -0.3 is 66.3 Å². The summed E-state index contributed by atoms with van der Waals surface area (Å²) < 4.78 is 77.5. The van der Waals surface area contributed by atoms with E-state index < -0.39 is 30.8 Å². The van der Waals surface area contributed by atoms with Crippen molar-refractivity contribution in [1.29, 1.82) is 0 Å². The van der Waals surface area contributed by atoms with Crippen LogP contribution in [0.2, 0.25) is 0 Å². The molecule has 6 aromatic carbocycles. The lowest BCUT2D eigenvalue weighted by Gasteiger charge is -2.20. The fourth-order valence-corrected chi connectivity index (χ4v) is 7.38. The Morgan fingerprint density at radius 3 is 1.25 bits per heavy atom. The van der Waals surface area contributed by atoms with Crippen LogP contribution >= 0.6 is 0 Å². The fraction of sp³-hybridized carbons (Fsp3) is 0.377. The molecule has 0 aromatic heterocycles. The molecule has 5 unspecified atom stereocenters. The van der Waals surface area contributed by atoms with Gasteiger partial charge in [0.15, 0.2) is 41.1 Å². The lowest BCUT2D eigenvalue weighted by atomic mass is 9.91. The second kappa shape index (κ2) is 27.4. The van der Waals surface area contributed by atoms with Gasteiger partial charge in [-0.1, -0.05) is 77.1 Å². The van der Waals surface area contributed by atoms with E-state index in [0.717, 1.165) is 18.6 Å². The van der Waals surface area contributed by atoms with Crippen molar-refractivity contribution in [1.82, 2.24) is 0 Å². The SMILES string of the molecule is CCOC1Oc2cccc(OC(=O)COc3ccc(C(C)CC)cc3)c2O1.CCOC1Oc2cccc(Oc3ccc(C(C)CC)cc3)c2O1.CCOC1Oc2cccc(Oc3ccc(OC(=O)C(C)(C)CC)cc3)c2O1. The van der Waals surface area contributed by atoms with Gasteiger partial charge in [-0.25, -0.2) is 4.79 Å². The Morgan fingerprint density at radius 2 is 0.844 bits per heavy atom. The molecule has 0 amide bonds. The quantitative estimate of drug-likeness (QED) is 0.0493. The number of ether oxygens (including phenoxy) is 14. The van der Waals surface area contributed by atoms with E-state index in [9.17, 15) is 9.59 Å². The molecule has 0 saturated heterocycles. The Balaban J connectivity index is 0.000000168. The van der Waals surface area contributed by atoms with Gasteiger partial charge >= 0.3 is 31.4 Å². The lowest BCUT2D eigenvalue weighted by molar-refractivity contribution is -0.174. The Morgan fingerprint density at radius 1 is 0.468 bits per heavy atom. The second-order valence-corrected chi connectivity index (χ2v) is 18.5. The van der Waals surface area contributed by atoms with Crippen LogP contribution in [0.1, 0.15) is 111 Å². The van der Waals surface area contributed by atoms with Crippen LogP contribution in [0.3, 0.4) is 0 Å². The van der Waals surface area contributed by atoms with E-state index in [0.29, 0.717) is 101 Å². The standard InChI is InChI=1S/2C21H24O6.C19H22O4/c1-5-21(3,4)19(22)25-15-12-10-14(11-13-15)24-16-8-7-9-17-18(16)27-20(26-17)23-6-2;1-4-14(3)15-9-11-16(12-10-15)24-13-19(22)25-17-7-6-8-18-20(17)27-21(26-18)23-5-2;1-4-13(3)14-9-11-15(12-10-14)21-16-7-6-8-17-18(16)23-19(22-17)20-5-2/h7-13,20H,5-6H2,1-4H3;6-12,14,21H,4-5,13H2,1-3H3;6-13,19H,4-5H2,1-3H3. The summed E-state index contributed by atoms with van der Waals surface area (Å²) in [5.74, 6) is 7.23. The van der Waals surface area contributed by atoms with E-state index in [1.165, 1.54) is 11.1 Å². The van der Waals surface area contributed by atoms with Gasteiger partial charge in [0.05, 0.1) is 25.2 Å². The van der Waals surface area contributed by atoms with Gasteiger partial charge in [0.25, 0.3) is 0 Å². The first-order valence-corrected chi connectivity index (χ1v) is 26.2. The van der Waals surface area contributed by atoms with E-state index in [2.05, 4.69) is 39.8 Å². The highest BCUT2D eigenvalue weighted by atomic mass is 16.9. The molecule has 16 nitrogen and oxygen atoms in total. The number of para-hydroxylation sites is 3. The maximum Gasteiger partial charge on any atom is 0.361 e. The molecule has 6 aromatic rings. The van der Waals surface area contributed by atoms with Gasteiger partial charge in [-0.05, 0) is 162 Å². The smallest absolute Gasteiger partial charge is 0.361 e. The monoisotopic (exact) mass is 1060 g/mol. The number of esters is 2. The molecule has 77 heavy (non-hydrogen) atoms. The maximum atomic E-state index is 12.2. The van der Waals surface area contributed by atoms with Crippen molar-refractivity contribution in [3.8, 4) is 74.7 Å². The average molecular weight is 1060 g/mol. The summed E-state index contributed by atoms with van der Waals surface area (Å²) in [5, 5.41) is 0. The van der Waals surface area contributed by atoms with Gasteiger partial charge in [0, 0.05) is 0 Å². The van der Waals surface area contributed by atoms with Gasteiger partial charge in [-0.15, -0.1) is 0 Å². The van der Waals surface area contributed by atoms with Crippen molar-refractivity contribution in [3.63, 3.8) is 0 Å². The number of rotatable bonds is 21. The molecular weight excluding hydrogens is 989 g/mol. The highest BCUT2D eigenvalue weighted by Gasteiger charge is 2.32. The minimum atomic E-state index is -0.829. The topological polar surface area (TPSA) is 163 Å². The summed E-state index contributed by atoms with van der Waals surface area (Å²) in [6.45, 7) is 18.9. The van der Waals surface area contributed by atoms with Crippen LogP contribution in [0.5, 0.6) is 74.7 Å². The van der Waals surface area contributed by atoms with Crippen LogP contribution in [0.4, 0.5) is 0 Å². The van der Waals surface area contributed by atoms with Crippen molar-refractivity contribution in [2.75, 3.05) is 26.4 Å². The van der Waals surface area contributed by atoms with Gasteiger partial charge in [0.2, 0.25) is 17.2 Å². The second-order valence-electron chi connectivity index (χ2n) is 18.5. The molecule has 0 aliphatic carbocycles. The zero-order valence-electron chi connectivity index (χ0n) is 45.5. The van der Waals surface area contributed by atoms with Gasteiger partial charge in [-0.3, -0.25) is 4.79 Å². The summed E-state index contributed by atoms with van der Waals surface area (Å²) in [6.07, 6.45) is 2.90. The first kappa shape index (κ1) is 57.1. The molecular formula is C61H70O16. The molecule has 0 spiro atoms. The third-order valence-electron chi connectivity index (χ3n) is 12.7. The lowest BCUT2D eigenvalue weighted by Crippen LogP contribution is -2.28. The maximum absolute atomic E-state index is 12.2. The molecule has 3 aliphatic rings. The summed E-state index contributed by atoms with van der Waals surface area (Å²) in [4.78, 5) is 24.3. The molecule has 9 rings (SSSR count). The largest absolute Gasteiger partial charge is 0.482 e. The number of benzene rings is 6. The summed E-state index contributed by atoms with van der Waals surface area (Å²) in [7, 11) is 0. The van der Waals surface area contributed by atoms with E-state index in [1.54, 1.807) is 54.6 Å². The molecule has 0 N–H and O–H groups in total. The van der Waals surface area contributed by atoms with Crippen molar-refractivity contribution < 1.29 is 75.9 Å². The first-order valence-electron chi connectivity index (χ1n) is 26.2. The van der Waals surface area contributed by atoms with Gasteiger partial charge in [-0.2, -0.15) is 0 Å². The number of fused-ring (bicyclic) bond motifs is 3. The van der Waals surface area contributed by atoms with E-state index >= 15 is 0 Å². The van der Waals surface area contributed by atoms with E-state index in [1.807, 2.05) is 102 Å². The van der Waals surface area contributed by atoms with Crippen LogP contribution in [-0.4, -0.2) is 57.8 Å². The van der Waals surface area contributed by atoms with Crippen LogP contribution in [0.25, 0.3) is 0 Å². The van der Waals surface area contributed by atoms with Crippen molar-refractivity contribution in [3.05, 3.63) is 139 Å². The number of carbonyl (C=O) groups excluding carboxylic acids is 2. The summed E-state index contributed by atoms with van der Waals surface area (Å²) in [5.41, 5.74) is 2.04. The summed E-state index contributed by atoms with van der Waals surface area (Å²) >= 11 is 0.